The third kappa shape index (κ3) is 22.7. The van der Waals surface area contributed by atoms with E-state index in [4.69, 9.17) is 5.73 Å². The van der Waals surface area contributed by atoms with Gasteiger partial charge in [0, 0.05) is 0 Å². The van der Waals surface area contributed by atoms with Gasteiger partial charge in [-0.25, -0.2) is 0 Å². The number of unbranched alkanes of at least 4 members (excludes halogenated alkanes) is 3. The van der Waals surface area contributed by atoms with Gasteiger partial charge >= 0.3 is 0 Å². The molecule has 0 aliphatic heterocycles. The van der Waals surface area contributed by atoms with Crippen LogP contribution in [0, 0.1) is 0 Å². The van der Waals surface area contributed by atoms with Gasteiger partial charge < -0.3 is 11.1 Å². The number of rotatable bonds is 8. The largest absolute Gasteiger partial charge is 0.330 e. The monoisotopic (exact) mass is 202 g/mol. The molecular weight excluding hydrogens is 172 g/mol. The zero-order chi connectivity index (χ0) is 11.1. The van der Waals surface area contributed by atoms with Crippen molar-refractivity contribution in [2.75, 3.05) is 19.6 Å². The third-order valence-electron chi connectivity index (χ3n) is 1.91. The van der Waals surface area contributed by atoms with Crippen LogP contribution in [0.3, 0.4) is 0 Å². The summed E-state index contributed by atoms with van der Waals surface area (Å²) in [6, 6.07) is 0. The summed E-state index contributed by atoms with van der Waals surface area (Å²) < 4.78 is 0. The minimum atomic E-state index is 0.861. The van der Waals surface area contributed by atoms with E-state index in [1.807, 2.05) is 0 Å². The normalized spacial score (nSPS) is 9.43. The fourth-order valence-electron chi connectivity index (χ4n) is 1.05. The van der Waals surface area contributed by atoms with Gasteiger partial charge in [-0.3, -0.25) is 0 Å². The molecule has 0 spiro atoms. The first-order valence-corrected chi connectivity index (χ1v) is 6.24. The molecule has 0 unspecified atom stereocenters. The van der Waals surface area contributed by atoms with E-state index < -0.39 is 0 Å². The highest BCUT2D eigenvalue weighted by Gasteiger charge is 1.80. The van der Waals surface area contributed by atoms with Crippen LogP contribution in [0.1, 0.15) is 59.3 Å². The zero-order valence-corrected chi connectivity index (χ0v) is 10.4. The van der Waals surface area contributed by atoms with Crippen LogP contribution in [0.4, 0.5) is 0 Å². The lowest BCUT2D eigenvalue weighted by molar-refractivity contribution is 0.662. The van der Waals surface area contributed by atoms with Crippen molar-refractivity contribution in [3.05, 3.63) is 0 Å². The van der Waals surface area contributed by atoms with Crippen molar-refractivity contribution in [3.63, 3.8) is 0 Å². The van der Waals surface area contributed by atoms with Gasteiger partial charge in [0.15, 0.2) is 0 Å². The van der Waals surface area contributed by atoms with Crippen LogP contribution in [0.2, 0.25) is 0 Å². The van der Waals surface area contributed by atoms with Gasteiger partial charge in [0.1, 0.15) is 0 Å². The summed E-state index contributed by atoms with van der Waals surface area (Å²) in [5.74, 6) is 0. The van der Waals surface area contributed by atoms with Crippen LogP contribution in [-0.2, 0) is 0 Å². The lowest BCUT2D eigenvalue weighted by Gasteiger charge is -1.95. The van der Waals surface area contributed by atoms with E-state index in [2.05, 4.69) is 26.1 Å². The number of hydrogen-bond donors (Lipinski definition) is 2. The van der Waals surface area contributed by atoms with Crippen molar-refractivity contribution < 1.29 is 0 Å². The SMILES string of the molecule is CCCCCCN.CCCNCCC. The fraction of sp³-hybridized carbons (Fsp3) is 1.00. The molecule has 0 aromatic heterocycles. The third-order valence-corrected chi connectivity index (χ3v) is 1.91. The molecule has 0 aromatic carbocycles. The maximum atomic E-state index is 5.27. The molecule has 2 nitrogen and oxygen atoms in total. The molecule has 0 rings (SSSR count). The van der Waals surface area contributed by atoms with Crippen molar-refractivity contribution in [1.82, 2.24) is 5.32 Å². The molecule has 0 heterocycles. The Hall–Kier alpha value is -0.0800. The van der Waals surface area contributed by atoms with Gasteiger partial charge in [-0.05, 0) is 38.9 Å². The van der Waals surface area contributed by atoms with Crippen molar-refractivity contribution in [1.29, 1.82) is 0 Å². The van der Waals surface area contributed by atoms with Gasteiger partial charge in [0.25, 0.3) is 0 Å². The van der Waals surface area contributed by atoms with Gasteiger partial charge in [-0.1, -0.05) is 40.0 Å². The molecule has 2 heteroatoms. The molecule has 0 atom stereocenters. The van der Waals surface area contributed by atoms with Crippen molar-refractivity contribution >= 4 is 0 Å². The first kappa shape index (κ1) is 16.4. The highest BCUT2D eigenvalue weighted by Crippen LogP contribution is 1.95. The van der Waals surface area contributed by atoms with Crippen molar-refractivity contribution in [2.24, 2.45) is 5.73 Å². The molecule has 14 heavy (non-hydrogen) atoms. The molecule has 0 fully saturated rings. The Labute approximate surface area is 90.6 Å². The zero-order valence-electron chi connectivity index (χ0n) is 10.4. The average Bonchev–Trinajstić information content (AvgIpc) is 2.21. The van der Waals surface area contributed by atoms with Crippen molar-refractivity contribution in [2.45, 2.75) is 59.3 Å². The predicted molar refractivity (Wildman–Crippen MR) is 66.6 cm³/mol. The Kier molecular flexibility index (Phi) is 21.8. The second kappa shape index (κ2) is 18.7. The first-order valence-electron chi connectivity index (χ1n) is 6.24. The van der Waals surface area contributed by atoms with Crippen LogP contribution in [0.5, 0.6) is 0 Å². The van der Waals surface area contributed by atoms with Crippen LogP contribution in [0.25, 0.3) is 0 Å². The molecule has 0 aliphatic rings. The lowest BCUT2D eigenvalue weighted by Crippen LogP contribution is -2.14. The van der Waals surface area contributed by atoms with Crippen LogP contribution < -0.4 is 11.1 Å². The van der Waals surface area contributed by atoms with E-state index in [1.54, 1.807) is 0 Å². The molecule has 0 saturated heterocycles. The van der Waals surface area contributed by atoms with Gasteiger partial charge in [0.2, 0.25) is 0 Å². The number of hydrogen-bond acceptors (Lipinski definition) is 2. The molecule has 3 N–H and O–H groups in total. The quantitative estimate of drug-likeness (QED) is 0.594. The van der Waals surface area contributed by atoms with E-state index in [-0.39, 0.29) is 0 Å². The summed E-state index contributed by atoms with van der Waals surface area (Å²) in [4.78, 5) is 0. The molecule has 0 saturated carbocycles. The van der Waals surface area contributed by atoms with E-state index in [9.17, 15) is 0 Å². The van der Waals surface area contributed by atoms with Crippen LogP contribution in [0.15, 0.2) is 0 Å². The minimum absolute atomic E-state index is 0.861. The van der Waals surface area contributed by atoms with E-state index >= 15 is 0 Å². The molecular formula is C12H30N2. The average molecular weight is 202 g/mol. The molecule has 0 aliphatic carbocycles. The summed E-state index contributed by atoms with van der Waals surface area (Å²) >= 11 is 0. The standard InChI is InChI=1S/2C6H15N/c1-3-5-7-6-4-2;1-2-3-4-5-6-7/h7H,3-6H2,1-2H3;2-7H2,1H3. The number of nitrogens with two attached hydrogens (primary N) is 1. The Morgan fingerprint density at radius 1 is 0.786 bits per heavy atom. The highest BCUT2D eigenvalue weighted by atomic mass is 14.8. The highest BCUT2D eigenvalue weighted by molar-refractivity contribution is 4.40. The first-order chi connectivity index (χ1) is 6.83. The molecule has 0 radical (unpaired) electrons. The Balaban J connectivity index is 0. The molecule has 0 aromatic rings. The Morgan fingerprint density at radius 2 is 1.36 bits per heavy atom. The summed E-state index contributed by atoms with van der Waals surface area (Å²) in [6.07, 6.45) is 7.66. The minimum Gasteiger partial charge on any atom is -0.330 e. The van der Waals surface area contributed by atoms with E-state index in [0.717, 1.165) is 6.54 Å². The molecule has 88 valence electrons. The smallest absolute Gasteiger partial charge is 0.00516 e. The summed E-state index contributed by atoms with van der Waals surface area (Å²) in [5, 5.41) is 3.28. The van der Waals surface area contributed by atoms with Gasteiger partial charge in [0.05, 0.1) is 0 Å². The second-order valence-electron chi connectivity index (χ2n) is 3.60. The maximum absolute atomic E-state index is 5.27. The van der Waals surface area contributed by atoms with E-state index in [0.29, 0.717) is 0 Å². The Morgan fingerprint density at radius 3 is 1.71 bits per heavy atom. The maximum Gasteiger partial charge on any atom is -0.00516 e. The van der Waals surface area contributed by atoms with E-state index in [1.165, 1.54) is 51.6 Å². The lowest BCUT2D eigenvalue weighted by atomic mass is 10.2. The summed E-state index contributed by atoms with van der Waals surface area (Å²) in [7, 11) is 0. The summed E-state index contributed by atoms with van der Waals surface area (Å²) in [5.41, 5.74) is 5.27. The van der Waals surface area contributed by atoms with Crippen LogP contribution >= 0.6 is 0 Å². The number of nitrogens with one attached hydrogen (secondary N) is 1. The van der Waals surface area contributed by atoms with Gasteiger partial charge in [-0.2, -0.15) is 0 Å². The molecule has 0 amide bonds. The summed E-state index contributed by atoms with van der Waals surface area (Å²) in [6.45, 7) is 9.78. The predicted octanol–water partition coefficient (Wildman–Crippen LogP) is 2.92. The molecule has 0 bridgehead atoms. The Bertz CT molecular complexity index is 56.7. The fourth-order valence-corrected chi connectivity index (χ4v) is 1.05. The topological polar surface area (TPSA) is 38.0 Å². The van der Waals surface area contributed by atoms with Gasteiger partial charge in [-0.15, -0.1) is 0 Å². The van der Waals surface area contributed by atoms with Crippen molar-refractivity contribution in [3.8, 4) is 0 Å². The van der Waals surface area contributed by atoms with Crippen LogP contribution in [-0.4, -0.2) is 19.6 Å². The second-order valence-corrected chi connectivity index (χ2v) is 3.60.